The maximum absolute atomic E-state index is 10.1. The van der Waals surface area contributed by atoms with E-state index in [0.717, 1.165) is 19.3 Å². The van der Waals surface area contributed by atoms with Crippen molar-refractivity contribution in [1.82, 2.24) is 0 Å². The largest absolute Gasteiger partial charge is 0.392 e. The van der Waals surface area contributed by atoms with Crippen molar-refractivity contribution in [3.05, 3.63) is 23.3 Å². The summed E-state index contributed by atoms with van der Waals surface area (Å²) in [5, 5.41) is 10.1. The van der Waals surface area contributed by atoms with Gasteiger partial charge in [0.1, 0.15) is 0 Å². The maximum atomic E-state index is 10.1. The molecular formula is C15H26O. The van der Waals surface area contributed by atoms with Crippen LogP contribution in [-0.4, -0.2) is 11.2 Å². The minimum atomic E-state index is -0.119. The Morgan fingerprint density at radius 2 is 1.88 bits per heavy atom. The second-order valence-corrected chi connectivity index (χ2v) is 5.56. The lowest BCUT2D eigenvalue weighted by molar-refractivity contribution is 0.0653. The Morgan fingerprint density at radius 3 is 2.44 bits per heavy atom. The number of aliphatic hydroxyl groups is 1. The zero-order chi connectivity index (χ0) is 12.1. The summed E-state index contributed by atoms with van der Waals surface area (Å²) in [6.07, 6.45) is 8.78. The molecule has 16 heavy (non-hydrogen) atoms. The van der Waals surface area contributed by atoms with Gasteiger partial charge in [0.2, 0.25) is 0 Å². The third-order valence-corrected chi connectivity index (χ3v) is 3.63. The van der Waals surface area contributed by atoms with Gasteiger partial charge in [0.05, 0.1) is 6.10 Å². The van der Waals surface area contributed by atoms with Crippen LogP contribution >= 0.6 is 0 Å². The highest BCUT2D eigenvalue weighted by Crippen LogP contribution is 2.33. The molecule has 1 saturated carbocycles. The first-order valence-corrected chi connectivity index (χ1v) is 6.48. The predicted octanol–water partition coefficient (Wildman–Crippen LogP) is 4.09. The van der Waals surface area contributed by atoms with Crippen molar-refractivity contribution >= 4 is 0 Å². The van der Waals surface area contributed by atoms with E-state index >= 15 is 0 Å². The molecule has 1 aliphatic carbocycles. The molecule has 3 unspecified atom stereocenters. The molecule has 0 radical (unpaired) electrons. The van der Waals surface area contributed by atoms with Crippen LogP contribution in [0.5, 0.6) is 0 Å². The molecule has 1 N–H and O–H groups in total. The molecular weight excluding hydrogens is 196 g/mol. The van der Waals surface area contributed by atoms with Gasteiger partial charge in [-0.05, 0) is 52.4 Å². The highest BCUT2D eigenvalue weighted by molar-refractivity contribution is 5.10. The lowest BCUT2D eigenvalue weighted by Gasteiger charge is -2.32. The Hall–Kier alpha value is -0.560. The molecule has 0 spiro atoms. The van der Waals surface area contributed by atoms with Crippen LogP contribution in [-0.2, 0) is 0 Å². The molecule has 0 amide bonds. The quantitative estimate of drug-likeness (QED) is 0.713. The number of hydrogen-bond acceptors (Lipinski definition) is 1. The van der Waals surface area contributed by atoms with Crippen LogP contribution in [0.15, 0.2) is 23.3 Å². The fourth-order valence-electron chi connectivity index (χ4n) is 2.51. The topological polar surface area (TPSA) is 20.2 Å². The second kappa shape index (κ2) is 6.24. The Bertz CT molecular complexity index is 271. The zero-order valence-electron chi connectivity index (χ0n) is 11.2. The highest BCUT2D eigenvalue weighted by Gasteiger charge is 2.27. The van der Waals surface area contributed by atoms with E-state index < -0.39 is 0 Å². The van der Waals surface area contributed by atoms with Gasteiger partial charge >= 0.3 is 0 Å². The van der Waals surface area contributed by atoms with Crippen LogP contribution in [0.3, 0.4) is 0 Å². The van der Waals surface area contributed by atoms with Crippen LogP contribution in [0.25, 0.3) is 0 Å². The smallest absolute Gasteiger partial charge is 0.0607 e. The molecule has 0 aromatic rings. The third-order valence-electron chi connectivity index (χ3n) is 3.63. The Kier molecular flexibility index (Phi) is 5.27. The van der Waals surface area contributed by atoms with Crippen molar-refractivity contribution in [3.63, 3.8) is 0 Å². The molecule has 1 aliphatic rings. The summed E-state index contributed by atoms with van der Waals surface area (Å²) in [5.74, 6) is 1.10. The average Bonchev–Trinajstić information content (AvgIpc) is 2.16. The number of rotatable bonds is 3. The lowest BCUT2D eigenvalue weighted by Crippen LogP contribution is -2.29. The van der Waals surface area contributed by atoms with E-state index in [1.165, 1.54) is 17.6 Å². The summed E-state index contributed by atoms with van der Waals surface area (Å²) >= 11 is 0. The predicted molar refractivity (Wildman–Crippen MR) is 70.3 cm³/mol. The highest BCUT2D eigenvalue weighted by atomic mass is 16.3. The standard InChI is InChI=1S/C15H26O/c1-11(2)6-5-7-13(4)14-9-8-12(3)10-15(14)16/h6-7,12,14-16H,5,8-10H2,1-4H3/b13-7-. The molecule has 0 bridgehead atoms. The first-order chi connectivity index (χ1) is 7.50. The van der Waals surface area contributed by atoms with Crippen LogP contribution in [0.2, 0.25) is 0 Å². The molecule has 1 fully saturated rings. The van der Waals surface area contributed by atoms with Crippen molar-refractivity contribution in [1.29, 1.82) is 0 Å². The maximum Gasteiger partial charge on any atom is 0.0607 e. The van der Waals surface area contributed by atoms with E-state index in [9.17, 15) is 5.11 Å². The molecule has 0 aliphatic heterocycles. The summed E-state index contributed by atoms with van der Waals surface area (Å²) in [6.45, 7) is 8.66. The van der Waals surface area contributed by atoms with Gasteiger partial charge in [-0.1, -0.05) is 30.2 Å². The van der Waals surface area contributed by atoms with Crippen molar-refractivity contribution in [3.8, 4) is 0 Å². The molecule has 3 atom stereocenters. The Balaban J connectivity index is 2.53. The van der Waals surface area contributed by atoms with Gasteiger partial charge in [-0.15, -0.1) is 0 Å². The second-order valence-electron chi connectivity index (χ2n) is 5.56. The minimum absolute atomic E-state index is 0.119. The summed E-state index contributed by atoms with van der Waals surface area (Å²) in [5.41, 5.74) is 2.73. The first-order valence-electron chi connectivity index (χ1n) is 6.48. The van der Waals surface area contributed by atoms with Crippen molar-refractivity contribution in [2.45, 2.75) is 59.5 Å². The Labute approximate surface area is 100 Å². The van der Waals surface area contributed by atoms with E-state index in [1.807, 2.05) is 0 Å². The fourth-order valence-corrected chi connectivity index (χ4v) is 2.51. The van der Waals surface area contributed by atoms with Crippen LogP contribution in [0, 0.1) is 11.8 Å². The average molecular weight is 222 g/mol. The summed E-state index contributed by atoms with van der Waals surface area (Å²) in [4.78, 5) is 0. The summed E-state index contributed by atoms with van der Waals surface area (Å²) in [6, 6.07) is 0. The fraction of sp³-hybridized carbons (Fsp3) is 0.733. The van der Waals surface area contributed by atoms with Crippen molar-refractivity contribution < 1.29 is 5.11 Å². The van der Waals surface area contributed by atoms with Gasteiger partial charge in [0, 0.05) is 5.92 Å². The van der Waals surface area contributed by atoms with Crippen LogP contribution in [0.1, 0.15) is 53.4 Å². The molecule has 0 aromatic heterocycles. The SMILES string of the molecule is CC(C)=CC/C=C(/C)C1CCC(C)CC1O. The Morgan fingerprint density at radius 1 is 1.19 bits per heavy atom. The third kappa shape index (κ3) is 4.13. The molecule has 1 nitrogen and oxygen atoms in total. The lowest BCUT2D eigenvalue weighted by atomic mass is 9.77. The normalized spacial score (nSPS) is 31.3. The molecule has 0 saturated heterocycles. The number of allylic oxidation sites excluding steroid dienone is 3. The molecule has 0 heterocycles. The van der Waals surface area contributed by atoms with Gasteiger partial charge in [-0.25, -0.2) is 0 Å². The number of aliphatic hydroxyl groups excluding tert-OH is 1. The van der Waals surface area contributed by atoms with E-state index in [0.29, 0.717) is 11.8 Å². The van der Waals surface area contributed by atoms with Gasteiger partial charge in [0.25, 0.3) is 0 Å². The molecule has 92 valence electrons. The first kappa shape index (κ1) is 13.5. The van der Waals surface area contributed by atoms with Crippen LogP contribution in [0.4, 0.5) is 0 Å². The minimum Gasteiger partial charge on any atom is -0.392 e. The zero-order valence-corrected chi connectivity index (χ0v) is 11.2. The van der Waals surface area contributed by atoms with Gasteiger partial charge < -0.3 is 5.11 Å². The number of hydrogen-bond donors (Lipinski definition) is 1. The van der Waals surface area contributed by atoms with E-state index in [4.69, 9.17) is 0 Å². The monoisotopic (exact) mass is 222 g/mol. The van der Waals surface area contributed by atoms with Crippen molar-refractivity contribution in [2.75, 3.05) is 0 Å². The van der Waals surface area contributed by atoms with Gasteiger partial charge in [-0.2, -0.15) is 0 Å². The summed E-state index contributed by atoms with van der Waals surface area (Å²) in [7, 11) is 0. The van der Waals surface area contributed by atoms with E-state index in [1.54, 1.807) is 0 Å². The van der Waals surface area contributed by atoms with Gasteiger partial charge in [0.15, 0.2) is 0 Å². The molecule has 1 heteroatoms. The van der Waals surface area contributed by atoms with E-state index in [-0.39, 0.29) is 6.10 Å². The molecule has 1 rings (SSSR count). The summed E-state index contributed by atoms with van der Waals surface area (Å²) < 4.78 is 0. The van der Waals surface area contributed by atoms with E-state index in [2.05, 4.69) is 39.8 Å². The van der Waals surface area contributed by atoms with Crippen LogP contribution < -0.4 is 0 Å². The van der Waals surface area contributed by atoms with Gasteiger partial charge in [-0.3, -0.25) is 0 Å². The molecule has 0 aromatic carbocycles. The van der Waals surface area contributed by atoms with Crippen molar-refractivity contribution in [2.24, 2.45) is 11.8 Å².